The number of esters is 1. The van der Waals surface area contributed by atoms with Gasteiger partial charge in [-0.05, 0) is 12.8 Å². The van der Waals surface area contributed by atoms with Crippen LogP contribution >= 0.6 is 0 Å². The van der Waals surface area contributed by atoms with E-state index in [1.165, 1.54) is 0 Å². The molecule has 0 aromatic carbocycles. The van der Waals surface area contributed by atoms with Gasteiger partial charge in [0, 0.05) is 12.1 Å². The third-order valence-electron chi connectivity index (χ3n) is 5.35. The second-order valence-electron chi connectivity index (χ2n) is 6.73. The van der Waals surface area contributed by atoms with Crippen LogP contribution in [0.5, 0.6) is 0 Å². The minimum Gasteiger partial charge on any atom is -0.439 e. The number of fused-ring (bicyclic) bond motifs is 3. The molecule has 2 fully saturated rings. The molecular formula is C14H15F6NO4S. The van der Waals surface area contributed by atoms with Crippen LogP contribution in [0.15, 0.2) is 12.3 Å². The molecule has 1 saturated heterocycles. The molecule has 1 saturated carbocycles. The minimum absolute atomic E-state index is 0.117. The molecule has 3 atom stereocenters. The molecule has 1 spiro atoms. The Kier molecular flexibility index (Phi) is 4.28. The molecule has 0 unspecified atom stereocenters. The molecule has 0 N–H and O–H groups in total. The number of ether oxygens (including phenoxy) is 1. The number of carbonyl (C=O) groups excluding carboxylic acids is 1. The molecule has 12 heteroatoms. The lowest BCUT2D eigenvalue weighted by atomic mass is 9.59. The largest absolute Gasteiger partial charge is 0.516 e. The fourth-order valence-electron chi connectivity index (χ4n) is 4.16. The molecule has 0 radical (unpaired) electrons. The predicted molar refractivity (Wildman–Crippen MR) is 74.4 cm³/mol. The van der Waals surface area contributed by atoms with Crippen molar-refractivity contribution in [3.8, 4) is 0 Å². The van der Waals surface area contributed by atoms with E-state index in [-0.39, 0.29) is 12.8 Å². The van der Waals surface area contributed by atoms with E-state index in [9.17, 15) is 39.6 Å². The van der Waals surface area contributed by atoms with Crippen molar-refractivity contribution in [2.24, 2.45) is 17.3 Å². The molecule has 3 rings (SSSR count). The van der Waals surface area contributed by atoms with Crippen LogP contribution in [-0.4, -0.2) is 36.6 Å². The highest BCUT2D eigenvalue weighted by Gasteiger charge is 2.68. The standard InChI is InChI=1S/C14H15F6NO4S/c15-13(16,17)9-8-4-7-21(26(23,24)14(18,19)20)10(9)25-11(22)12(8)5-2-1-3-6-12/h4,7-10H,1-3,5-6H2/t8-,9+,10-/m1/s1. The number of sulfonamides is 1. The van der Waals surface area contributed by atoms with Crippen molar-refractivity contribution < 1.29 is 44.3 Å². The van der Waals surface area contributed by atoms with Crippen LogP contribution in [0.4, 0.5) is 26.3 Å². The number of hydrogen-bond acceptors (Lipinski definition) is 4. The van der Waals surface area contributed by atoms with E-state index in [0.717, 1.165) is 12.5 Å². The highest BCUT2D eigenvalue weighted by Crippen LogP contribution is 2.57. The predicted octanol–water partition coefficient (Wildman–Crippen LogP) is 3.29. The monoisotopic (exact) mass is 407 g/mol. The van der Waals surface area contributed by atoms with Crippen molar-refractivity contribution in [2.75, 3.05) is 0 Å². The van der Waals surface area contributed by atoms with Crippen molar-refractivity contribution >= 4 is 16.0 Å². The Morgan fingerprint density at radius 1 is 1.08 bits per heavy atom. The highest BCUT2D eigenvalue weighted by atomic mass is 32.2. The SMILES string of the molecule is O=C1O[C@@H]2[C@@H](C(F)(F)F)[C@@H](C=CN2S(=O)(=O)C(F)(F)F)C12CCCCC2. The van der Waals surface area contributed by atoms with Gasteiger partial charge < -0.3 is 4.74 Å². The fraction of sp³-hybridized carbons (Fsp3) is 0.786. The molecule has 0 aromatic heterocycles. The third-order valence-corrected chi connectivity index (χ3v) is 6.82. The topological polar surface area (TPSA) is 63.7 Å². The molecule has 3 aliphatic rings. The molecule has 5 nitrogen and oxygen atoms in total. The summed E-state index contributed by atoms with van der Waals surface area (Å²) in [6, 6.07) is 0. The van der Waals surface area contributed by atoms with E-state index in [2.05, 4.69) is 0 Å². The summed E-state index contributed by atoms with van der Waals surface area (Å²) in [6.07, 6.45) is -4.51. The smallest absolute Gasteiger partial charge is 0.439 e. The van der Waals surface area contributed by atoms with Gasteiger partial charge in [0.15, 0.2) is 0 Å². The Bertz CT molecular complexity index is 723. The van der Waals surface area contributed by atoms with Crippen molar-refractivity contribution in [1.82, 2.24) is 4.31 Å². The van der Waals surface area contributed by atoms with E-state index in [4.69, 9.17) is 4.74 Å². The van der Waals surface area contributed by atoms with Crippen molar-refractivity contribution in [2.45, 2.75) is 50.0 Å². The van der Waals surface area contributed by atoms with Crippen LogP contribution in [0, 0.1) is 17.3 Å². The quantitative estimate of drug-likeness (QED) is 0.494. The van der Waals surface area contributed by atoms with Crippen molar-refractivity contribution in [3.63, 3.8) is 0 Å². The zero-order valence-corrected chi connectivity index (χ0v) is 14.0. The van der Waals surface area contributed by atoms with Gasteiger partial charge in [-0.1, -0.05) is 25.3 Å². The molecule has 148 valence electrons. The first kappa shape index (κ1) is 19.3. The van der Waals surface area contributed by atoms with Gasteiger partial charge in [0.2, 0.25) is 6.23 Å². The van der Waals surface area contributed by atoms with Crippen LogP contribution in [-0.2, 0) is 19.6 Å². The van der Waals surface area contributed by atoms with Gasteiger partial charge in [0.25, 0.3) is 0 Å². The Balaban J connectivity index is 2.13. The first-order valence-electron chi connectivity index (χ1n) is 7.88. The van der Waals surface area contributed by atoms with Gasteiger partial charge in [-0.2, -0.15) is 34.8 Å². The number of rotatable bonds is 1. The maximum absolute atomic E-state index is 13.7. The van der Waals surface area contributed by atoms with Crippen LogP contribution < -0.4 is 0 Å². The van der Waals surface area contributed by atoms with E-state index >= 15 is 0 Å². The summed E-state index contributed by atoms with van der Waals surface area (Å²) in [4.78, 5) is 12.5. The molecule has 0 amide bonds. The summed E-state index contributed by atoms with van der Waals surface area (Å²) < 4.78 is 107. The minimum atomic E-state index is -6.14. The molecular weight excluding hydrogens is 392 g/mol. The third kappa shape index (κ3) is 2.67. The number of allylic oxidation sites excluding steroid dienone is 1. The number of hydrogen-bond donors (Lipinski definition) is 0. The first-order chi connectivity index (χ1) is 11.8. The van der Waals surface area contributed by atoms with Gasteiger partial charge >= 0.3 is 27.7 Å². The zero-order valence-electron chi connectivity index (χ0n) is 13.2. The summed E-state index contributed by atoms with van der Waals surface area (Å²) in [6.45, 7) is 0. The summed E-state index contributed by atoms with van der Waals surface area (Å²) in [5.74, 6) is -5.09. The van der Waals surface area contributed by atoms with Crippen molar-refractivity contribution in [1.29, 1.82) is 0 Å². The van der Waals surface area contributed by atoms with E-state index < -0.39 is 55.5 Å². The molecule has 26 heavy (non-hydrogen) atoms. The Morgan fingerprint density at radius 2 is 1.65 bits per heavy atom. The molecule has 2 aliphatic heterocycles. The number of carbonyl (C=O) groups is 1. The molecule has 2 bridgehead atoms. The van der Waals surface area contributed by atoms with Crippen LogP contribution in [0.1, 0.15) is 32.1 Å². The Morgan fingerprint density at radius 3 is 2.15 bits per heavy atom. The van der Waals surface area contributed by atoms with Gasteiger partial charge in [-0.15, -0.1) is 0 Å². The van der Waals surface area contributed by atoms with Gasteiger partial charge in [0.05, 0.1) is 5.41 Å². The maximum Gasteiger partial charge on any atom is 0.516 e. The van der Waals surface area contributed by atoms with Crippen LogP contribution in [0.25, 0.3) is 0 Å². The normalized spacial score (nSPS) is 31.8. The van der Waals surface area contributed by atoms with E-state index in [1.807, 2.05) is 0 Å². The first-order valence-corrected chi connectivity index (χ1v) is 9.32. The molecule has 2 heterocycles. The number of nitrogens with zero attached hydrogens (tertiary/aromatic N) is 1. The second kappa shape index (κ2) is 5.77. The summed E-state index contributed by atoms with van der Waals surface area (Å²) >= 11 is 0. The molecule has 1 aliphatic carbocycles. The van der Waals surface area contributed by atoms with Gasteiger partial charge in [-0.25, -0.2) is 4.31 Å². The van der Waals surface area contributed by atoms with Crippen molar-refractivity contribution in [3.05, 3.63) is 12.3 Å². The zero-order chi connectivity index (χ0) is 19.5. The summed E-state index contributed by atoms with van der Waals surface area (Å²) in [5.41, 5.74) is -7.31. The van der Waals surface area contributed by atoms with Crippen LogP contribution in [0.3, 0.4) is 0 Å². The summed E-state index contributed by atoms with van der Waals surface area (Å²) in [7, 11) is -6.14. The lowest BCUT2D eigenvalue weighted by Gasteiger charge is -2.53. The highest BCUT2D eigenvalue weighted by molar-refractivity contribution is 7.90. The molecule has 0 aromatic rings. The van der Waals surface area contributed by atoms with Gasteiger partial charge in [-0.3, -0.25) is 4.79 Å². The average molecular weight is 407 g/mol. The Hall–Kier alpha value is -1.46. The lowest BCUT2D eigenvalue weighted by Crippen LogP contribution is -2.64. The van der Waals surface area contributed by atoms with E-state index in [0.29, 0.717) is 19.0 Å². The number of halogens is 6. The average Bonchev–Trinajstić information content (AvgIpc) is 2.51. The fourth-order valence-corrected chi connectivity index (χ4v) is 5.07. The maximum atomic E-state index is 13.7. The summed E-state index contributed by atoms with van der Waals surface area (Å²) in [5, 5.41) is 0. The number of alkyl halides is 6. The van der Waals surface area contributed by atoms with Gasteiger partial charge in [0.1, 0.15) is 5.92 Å². The second-order valence-corrected chi connectivity index (χ2v) is 8.56. The van der Waals surface area contributed by atoms with E-state index in [1.54, 1.807) is 0 Å². The van der Waals surface area contributed by atoms with Crippen LogP contribution in [0.2, 0.25) is 0 Å². The Labute approximate surface area is 145 Å². The lowest BCUT2D eigenvalue weighted by molar-refractivity contribution is -0.269.